The number of allylic oxidation sites excluding steroid dienone is 4. The average Bonchev–Trinajstić information content (AvgIpc) is 3.35. The smallest absolute Gasteiger partial charge is 0.0715 e. The van der Waals surface area contributed by atoms with Crippen LogP contribution in [-0.2, 0) is 0 Å². The van der Waals surface area contributed by atoms with Gasteiger partial charge in [0.1, 0.15) is 0 Å². The highest BCUT2D eigenvalue weighted by Crippen LogP contribution is 2.36. The summed E-state index contributed by atoms with van der Waals surface area (Å²) in [7, 11) is 0. The molecule has 1 heterocycles. The molecule has 284 valence electrons. The maximum atomic E-state index is 5.30. The predicted molar refractivity (Wildman–Crippen MR) is 254 cm³/mol. The number of pyridine rings is 1. The first-order valence-corrected chi connectivity index (χ1v) is 20.8. The number of benzene rings is 8. The van der Waals surface area contributed by atoms with Crippen LogP contribution in [0.2, 0.25) is 0 Å². The van der Waals surface area contributed by atoms with Crippen molar-refractivity contribution in [2.45, 2.75) is 12.8 Å². The van der Waals surface area contributed by atoms with Gasteiger partial charge in [-0.1, -0.05) is 188 Å². The van der Waals surface area contributed by atoms with Gasteiger partial charge in [-0.25, -0.2) is 4.98 Å². The van der Waals surface area contributed by atoms with Crippen LogP contribution in [0.3, 0.4) is 0 Å². The lowest BCUT2D eigenvalue weighted by molar-refractivity contribution is 1.05. The van der Waals surface area contributed by atoms with E-state index in [4.69, 9.17) is 4.98 Å². The Labute approximate surface area is 353 Å². The van der Waals surface area contributed by atoms with Gasteiger partial charge in [0.15, 0.2) is 0 Å². The molecule has 0 fully saturated rings. The minimum atomic E-state index is 0.941. The van der Waals surface area contributed by atoms with E-state index in [2.05, 4.69) is 237 Å². The fourth-order valence-electron chi connectivity index (χ4n) is 8.35. The van der Waals surface area contributed by atoms with Gasteiger partial charge < -0.3 is 0 Å². The number of nitrogens with zero attached hydrogens (tertiary/aromatic N) is 1. The molecule has 1 aliphatic rings. The predicted octanol–water partition coefficient (Wildman–Crippen LogP) is 16.2. The highest BCUT2D eigenvalue weighted by atomic mass is 14.7. The summed E-state index contributed by atoms with van der Waals surface area (Å²) < 4.78 is 0. The number of hydrogen-bond donors (Lipinski definition) is 0. The lowest BCUT2D eigenvalue weighted by atomic mass is 9.92. The zero-order valence-corrected chi connectivity index (χ0v) is 33.4. The summed E-state index contributed by atoms with van der Waals surface area (Å²) in [6.45, 7) is 0. The second-order valence-electron chi connectivity index (χ2n) is 15.5. The monoisotopic (exact) mass is 765 g/mol. The van der Waals surface area contributed by atoms with Crippen molar-refractivity contribution in [2.24, 2.45) is 0 Å². The largest absolute Gasteiger partial charge is 0.248 e. The second kappa shape index (κ2) is 16.7. The maximum Gasteiger partial charge on any atom is 0.0715 e. The summed E-state index contributed by atoms with van der Waals surface area (Å²) in [5, 5.41) is 0. The number of rotatable bonds is 9. The van der Waals surface area contributed by atoms with Gasteiger partial charge in [0, 0.05) is 11.1 Å². The Morgan fingerprint density at radius 2 is 0.600 bits per heavy atom. The first kappa shape index (κ1) is 36.7. The van der Waals surface area contributed by atoms with Crippen molar-refractivity contribution in [3.63, 3.8) is 0 Å². The summed E-state index contributed by atoms with van der Waals surface area (Å²) in [5.41, 5.74) is 21.0. The molecule has 0 spiro atoms. The first-order chi connectivity index (χ1) is 29.7. The molecule has 0 saturated carbocycles. The van der Waals surface area contributed by atoms with Crippen molar-refractivity contribution in [1.29, 1.82) is 0 Å². The van der Waals surface area contributed by atoms with Crippen LogP contribution in [0, 0.1) is 0 Å². The van der Waals surface area contributed by atoms with E-state index < -0.39 is 0 Å². The van der Waals surface area contributed by atoms with Gasteiger partial charge in [-0.05, 0) is 139 Å². The van der Waals surface area contributed by atoms with Crippen molar-refractivity contribution in [3.8, 4) is 89.3 Å². The molecule has 1 heteroatoms. The van der Waals surface area contributed by atoms with Crippen LogP contribution in [-0.4, -0.2) is 4.98 Å². The molecule has 10 rings (SSSR count). The first-order valence-electron chi connectivity index (χ1n) is 20.8. The molecule has 8 aromatic carbocycles. The Kier molecular flexibility index (Phi) is 10.2. The van der Waals surface area contributed by atoms with Gasteiger partial charge in [0.05, 0.1) is 11.4 Å². The molecule has 0 radical (unpaired) electrons. The zero-order valence-electron chi connectivity index (χ0n) is 33.4. The zero-order chi connectivity index (χ0) is 40.1. The van der Waals surface area contributed by atoms with E-state index in [1.807, 2.05) is 0 Å². The van der Waals surface area contributed by atoms with Crippen LogP contribution in [0.5, 0.6) is 0 Å². The third-order valence-electron chi connectivity index (χ3n) is 11.5. The van der Waals surface area contributed by atoms with E-state index in [0.717, 1.165) is 52.0 Å². The molecule has 9 aromatic rings. The van der Waals surface area contributed by atoms with Gasteiger partial charge in [0.25, 0.3) is 0 Å². The number of hydrogen-bond acceptors (Lipinski definition) is 1. The van der Waals surface area contributed by atoms with Gasteiger partial charge in [0.2, 0.25) is 0 Å². The minimum Gasteiger partial charge on any atom is -0.248 e. The van der Waals surface area contributed by atoms with Crippen LogP contribution >= 0.6 is 0 Å². The SMILES string of the molecule is C1=CCCC(c2cccc(-c3cccc(-c4cccc(-c5cc(-c6ccccc6)nc(-c6cccc(-c7cccc(-c8cccc(-c9ccccc9)c8)c7)c6)c5)c4)c3)c2)=C1. The Morgan fingerprint density at radius 3 is 1.05 bits per heavy atom. The molecular weight excluding hydrogens is 723 g/mol. The fourth-order valence-corrected chi connectivity index (χ4v) is 8.35. The van der Waals surface area contributed by atoms with Gasteiger partial charge in [-0.3, -0.25) is 0 Å². The quantitative estimate of drug-likeness (QED) is 0.143. The molecule has 0 unspecified atom stereocenters. The van der Waals surface area contributed by atoms with E-state index in [0.29, 0.717) is 0 Å². The Balaban J connectivity index is 0.994. The third-order valence-corrected chi connectivity index (χ3v) is 11.5. The normalized spacial score (nSPS) is 12.2. The van der Waals surface area contributed by atoms with Crippen LogP contribution in [0.15, 0.2) is 237 Å². The Morgan fingerprint density at radius 1 is 0.267 bits per heavy atom. The molecule has 0 bridgehead atoms. The highest BCUT2D eigenvalue weighted by molar-refractivity contribution is 5.83. The lowest BCUT2D eigenvalue weighted by Gasteiger charge is -2.13. The summed E-state index contributed by atoms with van der Waals surface area (Å²) in [5.74, 6) is 0. The van der Waals surface area contributed by atoms with Crippen LogP contribution in [0.25, 0.3) is 94.8 Å². The van der Waals surface area contributed by atoms with Crippen molar-refractivity contribution in [1.82, 2.24) is 4.98 Å². The molecule has 0 saturated heterocycles. The highest BCUT2D eigenvalue weighted by Gasteiger charge is 2.13. The van der Waals surface area contributed by atoms with E-state index in [-0.39, 0.29) is 0 Å². The van der Waals surface area contributed by atoms with E-state index in [1.165, 1.54) is 61.2 Å². The van der Waals surface area contributed by atoms with E-state index in [9.17, 15) is 0 Å². The van der Waals surface area contributed by atoms with Crippen LogP contribution < -0.4 is 0 Å². The van der Waals surface area contributed by atoms with Gasteiger partial charge in [-0.2, -0.15) is 0 Å². The second-order valence-corrected chi connectivity index (χ2v) is 15.5. The minimum absolute atomic E-state index is 0.941. The fraction of sp³-hybridized carbons (Fsp3) is 0.0339. The topological polar surface area (TPSA) is 12.9 Å². The summed E-state index contributed by atoms with van der Waals surface area (Å²) in [4.78, 5) is 5.30. The van der Waals surface area contributed by atoms with Crippen molar-refractivity contribution in [3.05, 3.63) is 242 Å². The summed E-state index contributed by atoms with van der Waals surface area (Å²) >= 11 is 0. The van der Waals surface area contributed by atoms with Crippen LogP contribution in [0.1, 0.15) is 18.4 Å². The molecular formula is C59H43N. The summed E-state index contributed by atoms with van der Waals surface area (Å²) in [6, 6.07) is 78.8. The van der Waals surface area contributed by atoms with Gasteiger partial charge >= 0.3 is 0 Å². The van der Waals surface area contributed by atoms with Gasteiger partial charge in [-0.15, -0.1) is 0 Å². The maximum absolute atomic E-state index is 5.30. The molecule has 0 atom stereocenters. The molecule has 1 nitrogen and oxygen atoms in total. The number of aromatic nitrogens is 1. The third kappa shape index (κ3) is 7.94. The standard InChI is InChI=1S/C59H43N/c1-4-16-42(17-5-1)45-22-10-24-47(34-45)49-26-12-28-51(36-49)53-30-14-32-55(38-53)57-40-58(44-20-8-3-9-21-44)60-59(41-57)56-33-15-31-54(39-56)52-29-13-27-50(37-52)48-25-11-23-46(35-48)43-18-6-2-7-19-43/h1-4,6-16,18-41H,5,17H2. The Bertz CT molecular complexity index is 3020. The Hall–Kier alpha value is -7.61. The molecule has 1 aliphatic carbocycles. The summed E-state index contributed by atoms with van der Waals surface area (Å²) in [6.07, 6.45) is 8.85. The molecule has 0 N–H and O–H groups in total. The molecule has 0 aliphatic heterocycles. The van der Waals surface area contributed by atoms with Crippen molar-refractivity contribution >= 4 is 5.57 Å². The molecule has 0 amide bonds. The van der Waals surface area contributed by atoms with E-state index in [1.54, 1.807) is 0 Å². The average molecular weight is 766 g/mol. The van der Waals surface area contributed by atoms with E-state index >= 15 is 0 Å². The van der Waals surface area contributed by atoms with Crippen LogP contribution in [0.4, 0.5) is 0 Å². The van der Waals surface area contributed by atoms with Crippen molar-refractivity contribution < 1.29 is 0 Å². The molecule has 60 heavy (non-hydrogen) atoms. The lowest BCUT2D eigenvalue weighted by Crippen LogP contribution is -1.92. The molecule has 1 aromatic heterocycles. The van der Waals surface area contributed by atoms with Crippen molar-refractivity contribution in [2.75, 3.05) is 0 Å².